The van der Waals surface area contributed by atoms with Gasteiger partial charge >= 0.3 is 0 Å². The number of ether oxygens (including phenoxy) is 1. The lowest BCUT2D eigenvalue weighted by Crippen LogP contribution is -2.46. The Bertz CT molecular complexity index is 1310. The van der Waals surface area contributed by atoms with Gasteiger partial charge in [-0.15, -0.1) is 0 Å². The average molecular weight is 451 g/mol. The normalized spacial score (nSPS) is 20.2. The molecule has 0 unspecified atom stereocenters. The van der Waals surface area contributed by atoms with Crippen molar-refractivity contribution in [1.82, 2.24) is 9.97 Å². The average Bonchev–Trinajstić information content (AvgIpc) is 2.74. The number of rotatable bonds is 4. The van der Waals surface area contributed by atoms with Gasteiger partial charge in [0.15, 0.2) is 11.1 Å². The third kappa shape index (κ3) is 4.06. The molecule has 0 N–H and O–H groups in total. The maximum Gasteiger partial charge on any atom is 0.200 e. The molecule has 4 rings (SSSR count). The van der Waals surface area contributed by atoms with E-state index in [0.29, 0.717) is 35.5 Å². The molecular formula is C24H26N4O3S. The third-order valence-corrected chi connectivity index (χ3v) is 7.63. The highest BCUT2D eigenvalue weighted by Crippen LogP contribution is 2.36. The van der Waals surface area contributed by atoms with Gasteiger partial charge in [-0.3, -0.25) is 0 Å². The number of sulfone groups is 1. The molecule has 1 aliphatic heterocycles. The van der Waals surface area contributed by atoms with Gasteiger partial charge in [0.1, 0.15) is 5.69 Å². The third-order valence-electron chi connectivity index (χ3n) is 5.62. The first-order valence-corrected chi connectivity index (χ1v) is 12.1. The Morgan fingerprint density at radius 2 is 1.69 bits per heavy atom. The number of aromatic nitrogens is 2. The summed E-state index contributed by atoms with van der Waals surface area (Å²) in [6.45, 7) is 8.56. The van der Waals surface area contributed by atoms with Crippen LogP contribution in [0.1, 0.15) is 35.9 Å². The first-order valence-electron chi connectivity index (χ1n) is 10.6. The van der Waals surface area contributed by atoms with Crippen LogP contribution in [0, 0.1) is 25.2 Å². The molecule has 7 nitrogen and oxygen atoms in total. The van der Waals surface area contributed by atoms with E-state index < -0.39 is 15.1 Å². The van der Waals surface area contributed by atoms with Crippen molar-refractivity contribution < 1.29 is 13.2 Å². The Morgan fingerprint density at radius 1 is 1.06 bits per heavy atom. The van der Waals surface area contributed by atoms with Gasteiger partial charge in [-0.05, 0) is 57.0 Å². The summed E-state index contributed by atoms with van der Waals surface area (Å²) in [5, 5.41) is 8.61. The zero-order chi connectivity index (χ0) is 23.0. The van der Waals surface area contributed by atoms with Gasteiger partial charge in [0.25, 0.3) is 0 Å². The van der Waals surface area contributed by atoms with Crippen molar-refractivity contribution in [1.29, 1.82) is 5.26 Å². The van der Waals surface area contributed by atoms with Gasteiger partial charge in [0.05, 0.1) is 34.2 Å². The van der Waals surface area contributed by atoms with Gasteiger partial charge < -0.3 is 9.64 Å². The maximum atomic E-state index is 13.7. The minimum atomic E-state index is -4.04. The number of para-hydroxylation sites is 2. The number of nitriles is 1. The lowest BCUT2D eigenvalue weighted by Gasteiger charge is -2.37. The van der Waals surface area contributed by atoms with Crippen LogP contribution in [0.4, 0.5) is 5.82 Å². The van der Waals surface area contributed by atoms with Crippen LogP contribution >= 0.6 is 0 Å². The van der Waals surface area contributed by atoms with E-state index in [4.69, 9.17) is 9.72 Å². The van der Waals surface area contributed by atoms with Crippen LogP contribution in [0.25, 0.3) is 11.0 Å². The standard InChI is InChI=1S/C24H26N4O3S/c1-15-9-10-16(2)21(11-15)32(29,30)22(12-25)23-24(28-13-17(3)31-18(4)14-28)27-20-8-6-5-7-19(20)26-23/h5-11,17-18,22H,13-14H2,1-4H3/t17-,18-,22+/m1/s1. The molecule has 0 saturated carbocycles. The van der Waals surface area contributed by atoms with E-state index in [1.807, 2.05) is 56.0 Å². The number of hydrogen-bond donors (Lipinski definition) is 0. The van der Waals surface area contributed by atoms with Gasteiger partial charge in [-0.1, -0.05) is 24.3 Å². The quantitative estimate of drug-likeness (QED) is 0.595. The van der Waals surface area contributed by atoms with E-state index in [0.717, 1.165) is 5.56 Å². The largest absolute Gasteiger partial charge is 0.372 e. The summed E-state index contributed by atoms with van der Waals surface area (Å²) in [5.74, 6) is 0.422. The number of aryl methyl sites for hydroxylation is 2. The molecule has 1 aromatic heterocycles. The maximum absolute atomic E-state index is 13.7. The van der Waals surface area contributed by atoms with E-state index in [-0.39, 0.29) is 22.8 Å². The highest BCUT2D eigenvalue weighted by molar-refractivity contribution is 7.92. The summed E-state index contributed by atoms with van der Waals surface area (Å²) in [4.78, 5) is 11.6. The van der Waals surface area contributed by atoms with Gasteiger partial charge in [0, 0.05) is 13.1 Å². The van der Waals surface area contributed by atoms with Crippen molar-refractivity contribution in [3.8, 4) is 6.07 Å². The Morgan fingerprint density at radius 3 is 2.31 bits per heavy atom. The molecule has 1 saturated heterocycles. The van der Waals surface area contributed by atoms with E-state index in [9.17, 15) is 13.7 Å². The lowest BCUT2D eigenvalue weighted by atomic mass is 10.2. The topological polar surface area (TPSA) is 96.2 Å². The molecule has 0 bridgehead atoms. The minimum absolute atomic E-state index is 0.0592. The Hall–Kier alpha value is -3.02. The fourth-order valence-corrected chi connectivity index (χ4v) is 5.89. The highest BCUT2D eigenvalue weighted by atomic mass is 32.2. The predicted octanol–water partition coefficient (Wildman–Crippen LogP) is 3.90. The Labute approximate surface area is 188 Å². The van der Waals surface area contributed by atoms with E-state index in [1.165, 1.54) is 0 Å². The smallest absolute Gasteiger partial charge is 0.200 e. The van der Waals surface area contributed by atoms with Crippen molar-refractivity contribution in [3.63, 3.8) is 0 Å². The summed E-state index contributed by atoms with van der Waals surface area (Å²) < 4.78 is 33.3. The summed E-state index contributed by atoms with van der Waals surface area (Å²) in [6, 6.07) is 14.5. The highest BCUT2D eigenvalue weighted by Gasteiger charge is 2.37. The Balaban J connectivity index is 1.93. The van der Waals surface area contributed by atoms with Crippen molar-refractivity contribution in [2.24, 2.45) is 0 Å². The molecule has 0 spiro atoms. The number of fused-ring (bicyclic) bond motifs is 1. The molecule has 0 aliphatic carbocycles. The van der Waals surface area contributed by atoms with Crippen LogP contribution in [0.3, 0.4) is 0 Å². The second-order valence-electron chi connectivity index (χ2n) is 8.41. The molecule has 166 valence electrons. The minimum Gasteiger partial charge on any atom is -0.372 e. The predicted molar refractivity (Wildman–Crippen MR) is 123 cm³/mol. The summed E-state index contributed by atoms with van der Waals surface area (Å²) in [6.07, 6.45) is -0.118. The van der Waals surface area contributed by atoms with Gasteiger partial charge in [0.2, 0.25) is 9.84 Å². The van der Waals surface area contributed by atoms with Crippen LogP contribution in [-0.2, 0) is 14.6 Å². The number of morpholine rings is 1. The van der Waals surface area contributed by atoms with Crippen molar-refractivity contribution in [2.45, 2.75) is 50.0 Å². The molecular weight excluding hydrogens is 424 g/mol. The first-order chi connectivity index (χ1) is 15.2. The number of benzene rings is 2. The van der Waals surface area contributed by atoms with Crippen LogP contribution in [0.5, 0.6) is 0 Å². The van der Waals surface area contributed by atoms with Crippen LogP contribution in [0.15, 0.2) is 47.4 Å². The number of anilines is 1. The van der Waals surface area contributed by atoms with E-state index in [1.54, 1.807) is 25.1 Å². The SMILES string of the molecule is Cc1ccc(C)c(S(=O)(=O)[C@@H](C#N)c2nc3ccccc3nc2N2C[C@@H](C)O[C@H](C)C2)c1. The van der Waals surface area contributed by atoms with Crippen molar-refractivity contribution in [3.05, 3.63) is 59.3 Å². The van der Waals surface area contributed by atoms with Crippen LogP contribution < -0.4 is 4.90 Å². The van der Waals surface area contributed by atoms with E-state index in [2.05, 4.69) is 4.98 Å². The second-order valence-corrected chi connectivity index (χ2v) is 10.4. The monoisotopic (exact) mass is 450 g/mol. The number of nitrogens with zero attached hydrogens (tertiary/aromatic N) is 4. The zero-order valence-electron chi connectivity index (χ0n) is 18.6. The molecule has 1 fully saturated rings. The van der Waals surface area contributed by atoms with Crippen molar-refractivity contribution in [2.75, 3.05) is 18.0 Å². The molecule has 2 heterocycles. The molecule has 3 aromatic rings. The fraction of sp³-hybridized carbons (Fsp3) is 0.375. The van der Waals surface area contributed by atoms with E-state index >= 15 is 0 Å². The molecule has 3 atom stereocenters. The zero-order valence-corrected chi connectivity index (χ0v) is 19.4. The number of hydrogen-bond acceptors (Lipinski definition) is 7. The van der Waals surface area contributed by atoms with Crippen LogP contribution in [-0.4, -0.2) is 43.7 Å². The second kappa shape index (κ2) is 8.49. The van der Waals surface area contributed by atoms with Gasteiger partial charge in [-0.2, -0.15) is 5.26 Å². The summed E-state index contributed by atoms with van der Waals surface area (Å²) >= 11 is 0. The van der Waals surface area contributed by atoms with Crippen molar-refractivity contribution >= 4 is 26.7 Å². The molecule has 2 aromatic carbocycles. The van der Waals surface area contributed by atoms with Crippen LogP contribution in [0.2, 0.25) is 0 Å². The first kappa shape index (κ1) is 22.2. The molecule has 0 amide bonds. The van der Waals surface area contributed by atoms with Gasteiger partial charge in [-0.25, -0.2) is 18.4 Å². The fourth-order valence-electron chi connectivity index (χ4n) is 4.18. The lowest BCUT2D eigenvalue weighted by molar-refractivity contribution is -0.00550. The molecule has 0 radical (unpaired) electrons. The summed E-state index contributed by atoms with van der Waals surface area (Å²) in [5.41, 5.74) is 2.77. The molecule has 8 heteroatoms. The Kier molecular flexibility index (Phi) is 5.89. The summed E-state index contributed by atoms with van der Waals surface area (Å²) in [7, 11) is -4.04. The molecule has 32 heavy (non-hydrogen) atoms. The molecule has 1 aliphatic rings.